The number of hydrogen-bond acceptors (Lipinski definition) is 5. The Morgan fingerprint density at radius 1 is 1.12 bits per heavy atom. The van der Waals surface area contributed by atoms with E-state index in [4.69, 9.17) is 21.6 Å². The van der Waals surface area contributed by atoms with Crippen LogP contribution in [0.5, 0.6) is 11.5 Å². The van der Waals surface area contributed by atoms with E-state index in [-0.39, 0.29) is 17.0 Å². The van der Waals surface area contributed by atoms with E-state index in [1.807, 2.05) is 23.6 Å². The van der Waals surface area contributed by atoms with Gasteiger partial charge in [0.2, 0.25) is 10.0 Å². The SMILES string of the molecule is N#Cc1c(Cl)cccc1Oc1ccc(S(=O)(=O)NCc2cccs2)cc1. The number of rotatable bonds is 6. The summed E-state index contributed by atoms with van der Waals surface area (Å²) >= 11 is 7.45. The van der Waals surface area contributed by atoms with Crippen molar-refractivity contribution in [2.45, 2.75) is 11.4 Å². The van der Waals surface area contributed by atoms with Crippen molar-refractivity contribution in [1.82, 2.24) is 4.72 Å². The van der Waals surface area contributed by atoms with Gasteiger partial charge < -0.3 is 4.74 Å². The van der Waals surface area contributed by atoms with Gasteiger partial charge in [-0.3, -0.25) is 0 Å². The summed E-state index contributed by atoms with van der Waals surface area (Å²) in [7, 11) is -3.62. The Morgan fingerprint density at radius 2 is 1.88 bits per heavy atom. The highest BCUT2D eigenvalue weighted by molar-refractivity contribution is 7.89. The van der Waals surface area contributed by atoms with Gasteiger partial charge in [-0.1, -0.05) is 23.7 Å². The molecule has 1 heterocycles. The van der Waals surface area contributed by atoms with Crippen molar-refractivity contribution in [3.8, 4) is 17.6 Å². The Hall–Kier alpha value is -2.37. The van der Waals surface area contributed by atoms with Crippen molar-refractivity contribution in [3.63, 3.8) is 0 Å². The van der Waals surface area contributed by atoms with Crippen LogP contribution in [0.2, 0.25) is 5.02 Å². The Kier molecular flexibility index (Phi) is 5.59. The fourth-order valence-corrected chi connectivity index (χ4v) is 4.12. The Balaban J connectivity index is 1.74. The van der Waals surface area contributed by atoms with Gasteiger partial charge in [-0.2, -0.15) is 5.26 Å². The number of sulfonamides is 1. The van der Waals surface area contributed by atoms with E-state index < -0.39 is 10.0 Å². The summed E-state index contributed by atoms with van der Waals surface area (Å²) in [6.45, 7) is 0.242. The second-order valence-corrected chi connectivity index (χ2v) is 8.41. The van der Waals surface area contributed by atoms with E-state index in [0.29, 0.717) is 16.5 Å². The molecule has 0 spiro atoms. The van der Waals surface area contributed by atoms with Crippen LogP contribution in [-0.2, 0) is 16.6 Å². The first-order valence-electron chi connectivity index (χ1n) is 7.48. The van der Waals surface area contributed by atoms with E-state index in [1.165, 1.54) is 35.6 Å². The number of nitriles is 1. The Morgan fingerprint density at radius 3 is 2.54 bits per heavy atom. The normalized spacial score (nSPS) is 11.1. The van der Waals surface area contributed by atoms with Crippen LogP contribution in [-0.4, -0.2) is 8.42 Å². The van der Waals surface area contributed by atoms with Crippen LogP contribution < -0.4 is 9.46 Å². The first-order chi connectivity index (χ1) is 12.5. The number of hydrogen-bond donors (Lipinski definition) is 1. The molecule has 0 aliphatic rings. The van der Waals surface area contributed by atoms with Gasteiger partial charge >= 0.3 is 0 Å². The van der Waals surface area contributed by atoms with Crippen LogP contribution >= 0.6 is 22.9 Å². The molecule has 132 valence electrons. The molecular weight excluding hydrogens is 392 g/mol. The molecule has 3 rings (SSSR count). The molecule has 0 aliphatic heterocycles. The molecule has 8 heteroatoms. The van der Waals surface area contributed by atoms with E-state index >= 15 is 0 Å². The van der Waals surface area contributed by atoms with Crippen LogP contribution in [0.4, 0.5) is 0 Å². The molecule has 0 amide bonds. The van der Waals surface area contributed by atoms with E-state index in [0.717, 1.165) is 4.88 Å². The van der Waals surface area contributed by atoms with Crippen LogP contribution in [0.1, 0.15) is 10.4 Å². The highest BCUT2D eigenvalue weighted by Crippen LogP contribution is 2.30. The lowest BCUT2D eigenvalue weighted by atomic mass is 10.2. The highest BCUT2D eigenvalue weighted by Gasteiger charge is 2.15. The molecule has 0 bridgehead atoms. The maximum Gasteiger partial charge on any atom is 0.240 e. The van der Waals surface area contributed by atoms with Gasteiger partial charge in [-0.25, -0.2) is 13.1 Å². The Labute approximate surface area is 160 Å². The number of benzene rings is 2. The molecule has 0 aliphatic carbocycles. The fourth-order valence-electron chi connectivity index (χ4n) is 2.17. The first-order valence-corrected chi connectivity index (χ1v) is 10.2. The average molecular weight is 405 g/mol. The Bertz CT molecular complexity index is 1040. The summed E-state index contributed by atoms with van der Waals surface area (Å²) in [4.78, 5) is 1.06. The van der Waals surface area contributed by atoms with Crippen LogP contribution in [0.15, 0.2) is 64.9 Å². The molecule has 0 saturated carbocycles. The van der Waals surface area contributed by atoms with E-state index in [1.54, 1.807) is 18.2 Å². The van der Waals surface area contributed by atoms with E-state index in [9.17, 15) is 8.42 Å². The summed E-state index contributed by atoms with van der Waals surface area (Å²) in [5.74, 6) is 0.715. The molecule has 1 N–H and O–H groups in total. The predicted molar refractivity (Wildman–Crippen MR) is 101 cm³/mol. The molecule has 0 saturated heterocycles. The average Bonchev–Trinajstić information content (AvgIpc) is 3.14. The van der Waals surface area contributed by atoms with Crippen molar-refractivity contribution in [2.24, 2.45) is 0 Å². The highest BCUT2D eigenvalue weighted by atomic mass is 35.5. The van der Waals surface area contributed by atoms with Gasteiger partial charge in [0.25, 0.3) is 0 Å². The van der Waals surface area contributed by atoms with Gasteiger partial charge in [0.1, 0.15) is 23.1 Å². The zero-order valence-electron chi connectivity index (χ0n) is 13.3. The molecule has 0 unspecified atom stereocenters. The third kappa shape index (κ3) is 4.23. The van der Waals surface area contributed by atoms with Crippen molar-refractivity contribution in [1.29, 1.82) is 5.26 Å². The molecule has 0 radical (unpaired) electrons. The van der Waals surface area contributed by atoms with Crippen LogP contribution in [0.25, 0.3) is 0 Å². The van der Waals surface area contributed by atoms with Gasteiger partial charge in [0.15, 0.2) is 0 Å². The third-order valence-corrected chi connectivity index (χ3v) is 6.07. The predicted octanol–water partition coefficient (Wildman–Crippen LogP) is 4.54. The number of halogens is 1. The fraction of sp³-hybridized carbons (Fsp3) is 0.0556. The monoisotopic (exact) mass is 404 g/mol. The summed E-state index contributed by atoms with van der Waals surface area (Å²) in [6.07, 6.45) is 0. The lowest BCUT2D eigenvalue weighted by Crippen LogP contribution is -2.22. The minimum absolute atomic E-state index is 0.132. The van der Waals surface area contributed by atoms with Gasteiger partial charge in [-0.05, 0) is 47.8 Å². The molecule has 5 nitrogen and oxygen atoms in total. The summed E-state index contributed by atoms with van der Waals surface area (Å²) in [5, 5.41) is 11.3. The molecule has 26 heavy (non-hydrogen) atoms. The third-order valence-electron chi connectivity index (χ3n) is 3.47. The molecule has 3 aromatic rings. The molecular formula is C18H13ClN2O3S2. The zero-order valence-corrected chi connectivity index (χ0v) is 15.7. The quantitative estimate of drug-likeness (QED) is 0.653. The largest absolute Gasteiger partial charge is 0.456 e. The minimum Gasteiger partial charge on any atom is -0.456 e. The maximum absolute atomic E-state index is 12.3. The van der Waals surface area contributed by atoms with Crippen molar-refractivity contribution in [3.05, 3.63) is 75.4 Å². The minimum atomic E-state index is -3.62. The van der Waals surface area contributed by atoms with Crippen molar-refractivity contribution >= 4 is 33.0 Å². The van der Waals surface area contributed by atoms with E-state index in [2.05, 4.69) is 4.72 Å². The number of nitrogens with one attached hydrogen (secondary N) is 1. The molecule has 0 fully saturated rings. The summed E-state index contributed by atoms with van der Waals surface area (Å²) in [5.41, 5.74) is 0.225. The maximum atomic E-state index is 12.3. The lowest BCUT2D eigenvalue weighted by molar-refractivity contribution is 0.480. The second kappa shape index (κ2) is 7.89. The topological polar surface area (TPSA) is 79.2 Å². The standard InChI is InChI=1S/C18H13ClN2O3S2/c19-17-4-1-5-18(16(17)11-20)24-13-6-8-15(9-7-13)26(22,23)21-12-14-3-2-10-25-14/h1-10,21H,12H2. The van der Waals surface area contributed by atoms with Gasteiger partial charge in [0.05, 0.1) is 9.92 Å². The smallest absolute Gasteiger partial charge is 0.240 e. The van der Waals surface area contributed by atoms with Crippen molar-refractivity contribution in [2.75, 3.05) is 0 Å². The molecule has 0 atom stereocenters. The first kappa shape index (κ1) is 18.4. The summed E-state index contributed by atoms with van der Waals surface area (Å²) < 4.78 is 32.9. The van der Waals surface area contributed by atoms with Crippen LogP contribution in [0.3, 0.4) is 0 Å². The van der Waals surface area contributed by atoms with Gasteiger partial charge in [0, 0.05) is 11.4 Å². The van der Waals surface area contributed by atoms with Gasteiger partial charge in [-0.15, -0.1) is 11.3 Å². The number of ether oxygens (including phenoxy) is 1. The molecule has 2 aromatic carbocycles. The van der Waals surface area contributed by atoms with Crippen molar-refractivity contribution < 1.29 is 13.2 Å². The molecule has 1 aromatic heterocycles. The number of nitrogens with zero attached hydrogens (tertiary/aromatic N) is 1. The second-order valence-electron chi connectivity index (χ2n) is 5.20. The zero-order chi connectivity index (χ0) is 18.6. The lowest BCUT2D eigenvalue weighted by Gasteiger charge is -2.10. The van der Waals surface area contributed by atoms with Crippen LogP contribution in [0, 0.1) is 11.3 Å². The summed E-state index contributed by atoms with van der Waals surface area (Å²) in [6, 6.07) is 16.6. The number of thiophene rings is 1.